The average molecular weight is 268 g/mol. The first-order valence-electron chi connectivity index (χ1n) is 4.47. The molecule has 0 aliphatic rings. The second-order valence-corrected chi connectivity index (χ2v) is 5.15. The number of nitrogens with zero attached hydrogens (tertiary/aromatic N) is 1. The minimum absolute atomic E-state index is 1.06. The maximum Gasteiger partial charge on any atom is 0.0966 e. The van der Waals surface area contributed by atoms with Gasteiger partial charge in [-0.2, -0.15) is 0 Å². The second-order valence-electron chi connectivity index (χ2n) is 2.95. The van der Waals surface area contributed by atoms with Crippen LogP contribution in [0.15, 0.2) is 40.0 Å². The summed E-state index contributed by atoms with van der Waals surface area (Å²) < 4.78 is 1.10. The second kappa shape index (κ2) is 4.32. The van der Waals surface area contributed by atoms with Crippen molar-refractivity contribution >= 4 is 38.5 Å². The molecule has 3 heteroatoms. The Hall–Kier alpha value is -0.540. The zero-order valence-corrected chi connectivity index (χ0v) is 10.2. The molecule has 0 unspecified atom stereocenters. The molecule has 1 heterocycles. The largest absolute Gasteiger partial charge is 0.249 e. The average Bonchev–Trinajstić information content (AvgIpc) is 2.19. The first kappa shape index (κ1) is 9.99. The predicted octanol–water partition coefficient (Wildman–Crippen LogP) is 4.11. The zero-order chi connectivity index (χ0) is 9.97. The van der Waals surface area contributed by atoms with Crippen molar-refractivity contribution < 1.29 is 0 Å². The van der Waals surface area contributed by atoms with Crippen LogP contribution >= 0.6 is 27.7 Å². The highest BCUT2D eigenvalue weighted by Crippen LogP contribution is 2.23. The summed E-state index contributed by atoms with van der Waals surface area (Å²) in [7, 11) is 0. The number of pyridine rings is 1. The Balaban J connectivity index is 2.50. The molecule has 0 saturated carbocycles. The third kappa shape index (κ3) is 2.10. The number of thioether (sulfide) groups is 1. The topological polar surface area (TPSA) is 12.9 Å². The Morgan fingerprint density at radius 3 is 2.93 bits per heavy atom. The lowest BCUT2D eigenvalue weighted by Gasteiger charge is -2.01. The van der Waals surface area contributed by atoms with Crippen molar-refractivity contribution in [2.24, 2.45) is 0 Å². The number of aromatic nitrogens is 1. The summed E-state index contributed by atoms with van der Waals surface area (Å²) in [6.07, 6.45) is 1.93. The first-order chi connectivity index (χ1) is 6.79. The maximum absolute atomic E-state index is 4.38. The minimum Gasteiger partial charge on any atom is -0.249 e. The molecule has 72 valence electrons. The highest BCUT2D eigenvalue weighted by Gasteiger charge is 1.98. The molecule has 0 atom stereocenters. The van der Waals surface area contributed by atoms with Crippen molar-refractivity contribution in [1.29, 1.82) is 0 Å². The van der Waals surface area contributed by atoms with E-state index in [1.165, 1.54) is 10.8 Å². The quantitative estimate of drug-likeness (QED) is 0.760. The van der Waals surface area contributed by atoms with Crippen molar-refractivity contribution in [3.63, 3.8) is 0 Å². The van der Waals surface area contributed by atoms with Crippen LogP contribution in [0.5, 0.6) is 0 Å². The van der Waals surface area contributed by atoms with Crippen molar-refractivity contribution in [3.8, 4) is 0 Å². The molecule has 0 aliphatic carbocycles. The third-order valence-corrected chi connectivity index (χ3v) is 3.25. The molecular weight excluding hydrogens is 258 g/mol. The molecule has 0 radical (unpaired) electrons. The molecular formula is C11H10BrNS. The Labute approximate surface area is 96.1 Å². The summed E-state index contributed by atoms with van der Waals surface area (Å²) in [4.78, 5) is 4.38. The molecule has 2 aromatic rings. The number of fused-ring (bicyclic) bond motifs is 1. The first-order valence-corrected chi connectivity index (χ1v) is 6.25. The smallest absolute Gasteiger partial charge is 0.0966 e. The van der Waals surface area contributed by atoms with Crippen LogP contribution in [-0.4, -0.2) is 10.7 Å². The van der Waals surface area contributed by atoms with Gasteiger partial charge in [0.05, 0.1) is 5.03 Å². The van der Waals surface area contributed by atoms with Crippen LogP contribution in [0.2, 0.25) is 0 Å². The van der Waals surface area contributed by atoms with E-state index in [1.54, 1.807) is 11.8 Å². The van der Waals surface area contributed by atoms with E-state index in [-0.39, 0.29) is 0 Å². The van der Waals surface area contributed by atoms with Crippen LogP contribution in [0.25, 0.3) is 10.8 Å². The molecule has 2 rings (SSSR count). The summed E-state index contributed by atoms with van der Waals surface area (Å²) in [6, 6.07) is 8.39. The van der Waals surface area contributed by atoms with Crippen molar-refractivity contribution in [2.75, 3.05) is 5.75 Å². The Kier molecular flexibility index (Phi) is 3.08. The normalized spacial score (nSPS) is 10.7. The molecule has 0 amide bonds. The van der Waals surface area contributed by atoms with Crippen molar-refractivity contribution in [2.45, 2.75) is 11.9 Å². The zero-order valence-electron chi connectivity index (χ0n) is 7.83. The summed E-state index contributed by atoms with van der Waals surface area (Å²) in [5.74, 6) is 1.06. The van der Waals surface area contributed by atoms with Crippen LogP contribution in [0.4, 0.5) is 0 Å². The highest BCUT2D eigenvalue weighted by atomic mass is 79.9. The lowest BCUT2D eigenvalue weighted by molar-refractivity contribution is 1.16. The predicted molar refractivity (Wildman–Crippen MR) is 65.8 cm³/mol. The van der Waals surface area contributed by atoms with Crippen molar-refractivity contribution in [3.05, 3.63) is 34.9 Å². The van der Waals surface area contributed by atoms with E-state index < -0.39 is 0 Å². The van der Waals surface area contributed by atoms with Gasteiger partial charge >= 0.3 is 0 Å². The SMILES string of the molecule is CCSc1cc2ccc(Br)cc2cn1. The summed E-state index contributed by atoms with van der Waals surface area (Å²) in [5, 5.41) is 3.53. The van der Waals surface area contributed by atoms with Gasteiger partial charge in [0.15, 0.2) is 0 Å². The van der Waals surface area contributed by atoms with Gasteiger partial charge in [0.25, 0.3) is 0 Å². The minimum atomic E-state index is 1.06. The summed E-state index contributed by atoms with van der Waals surface area (Å²) in [6.45, 7) is 2.14. The monoisotopic (exact) mass is 267 g/mol. The molecule has 1 nitrogen and oxygen atoms in total. The molecule has 14 heavy (non-hydrogen) atoms. The fourth-order valence-electron chi connectivity index (χ4n) is 1.32. The van der Waals surface area contributed by atoms with Gasteiger partial charge in [0, 0.05) is 16.1 Å². The summed E-state index contributed by atoms with van der Waals surface area (Å²) >= 11 is 5.22. The molecule has 0 aliphatic heterocycles. The van der Waals surface area contributed by atoms with Gasteiger partial charge in [-0.05, 0) is 29.3 Å². The van der Waals surface area contributed by atoms with Gasteiger partial charge < -0.3 is 0 Å². The van der Waals surface area contributed by atoms with Crippen LogP contribution < -0.4 is 0 Å². The van der Waals surface area contributed by atoms with E-state index in [0.717, 1.165) is 15.3 Å². The standard InChI is InChI=1S/C11H10BrNS/c1-2-14-11-6-8-3-4-10(12)5-9(8)7-13-11/h3-7H,2H2,1H3. The number of hydrogen-bond acceptors (Lipinski definition) is 2. The lowest BCUT2D eigenvalue weighted by atomic mass is 10.2. The fraction of sp³-hybridized carbons (Fsp3) is 0.182. The molecule has 1 aromatic heterocycles. The van der Waals surface area contributed by atoms with Crippen LogP contribution in [0.1, 0.15) is 6.92 Å². The molecule has 0 fully saturated rings. The van der Waals surface area contributed by atoms with Gasteiger partial charge in [-0.3, -0.25) is 0 Å². The number of rotatable bonds is 2. The van der Waals surface area contributed by atoms with E-state index in [2.05, 4.69) is 52.1 Å². The van der Waals surface area contributed by atoms with Gasteiger partial charge in [0.1, 0.15) is 0 Å². The fourth-order valence-corrected chi connectivity index (χ4v) is 2.33. The van der Waals surface area contributed by atoms with E-state index in [0.29, 0.717) is 0 Å². The molecule has 0 bridgehead atoms. The van der Waals surface area contributed by atoms with Gasteiger partial charge in [0.2, 0.25) is 0 Å². The van der Waals surface area contributed by atoms with E-state index >= 15 is 0 Å². The number of halogens is 1. The molecule has 0 spiro atoms. The van der Waals surface area contributed by atoms with E-state index in [4.69, 9.17) is 0 Å². The van der Waals surface area contributed by atoms with Crippen molar-refractivity contribution in [1.82, 2.24) is 4.98 Å². The van der Waals surface area contributed by atoms with Gasteiger partial charge in [-0.25, -0.2) is 4.98 Å². The number of benzene rings is 1. The van der Waals surface area contributed by atoms with E-state index in [9.17, 15) is 0 Å². The van der Waals surface area contributed by atoms with Gasteiger partial charge in [-0.1, -0.05) is 28.9 Å². The maximum atomic E-state index is 4.38. The van der Waals surface area contributed by atoms with Crippen LogP contribution in [-0.2, 0) is 0 Å². The van der Waals surface area contributed by atoms with Crippen LogP contribution in [0, 0.1) is 0 Å². The number of hydrogen-bond donors (Lipinski definition) is 0. The lowest BCUT2D eigenvalue weighted by Crippen LogP contribution is -1.81. The summed E-state index contributed by atoms with van der Waals surface area (Å²) in [5.41, 5.74) is 0. The Bertz CT molecular complexity index is 456. The third-order valence-electron chi connectivity index (χ3n) is 1.95. The molecule has 0 N–H and O–H groups in total. The Morgan fingerprint density at radius 2 is 2.14 bits per heavy atom. The Morgan fingerprint density at radius 1 is 1.29 bits per heavy atom. The van der Waals surface area contributed by atoms with Crippen LogP contribution in [0.3, 0.4) is 0 Å². The highest BCUT2D eigenvalue weighted by molar-refractivity contribution is 9.10. The van der Waals surface area contributed by atoms with Gasteiger partial charge in [-0.15, -0.1) is 11.8 Å². The molecule has 1 aromatic carbocycles. The van der Waals surface area contributed by atoms with E-state index in [1.807, 2.05) is 6.20 Å². The molecule has 0 saturated heterocycles.